The maximum atomic E-state index is 11.8. The highest BCUT2D eigenvalue weighted by Gasteiger charge is 2.13. The Morgan fingerprint density at radius 3 is 2.59 bits per heavy atom. The number of H-pyrrole nitrogens is 1. The van der Waals surface area contributed by atoms with Crippen molar-refractivity contribution >= 4 is 16.9 Å². The van der Waals surface area contributed by atoms with Gasteiger partial charge in [0.1, 0.15) is 5.69 Å². The molecule has 0 aliphatic carbocycles. The summed E-state index contributed by atoms with van der Waals surface area (Å²) in [6.07, 6.45) is -0.100. The van der Waals surface area contributed by atoms with Crippen LogP contribution in [-0.4, -0.2) is 17.1 Å². The number of aromatic nitrogens is 1. The molecule has 3 nitrogen and oxygen atoms in total. The van der Waals surface area contributed by atoms with Gasteiger partial charge in [0.2, 0.25) is 0 Å². The van der Waals surface area contributed by atoms with E-state index in [1.807, 2.05) is 39.8 Å². The molecule has 0 amide bonds. The second-order valence-electron chi connectivity index (χ2n) is 4.68. The van der Waals surface area contributed by atoms with Gasteiger partial charge in [-0.2, -0.15) is 0 Å². The van der Waals surface area contributed by atoms with Crippen LogP contribution in [0.5, 0.6) is 0 Å². The van der Waals surface area contributed by atoms with E-state index in [1.165, 1.54) is 11.1 Å². The zero-order valence-electron chi connectivity index (χ0n) is 10.6. The van der Waals surface area contributed by atoms with Gasteiger partial charge in [-0.15, -0.1) is 0 Å². The molecule has 0 fully saturated rings. The molecule has 0 atom stereocenters. The lowest BCUT2D eigenvalue weighted by Gasteiger charge is -2.05. The topological polar surface area (TPSA) is 42.1 Å². The summed E-state index contributed by atoms with van der Waals surface area (Å²) >= 11 is 0. The van der Waals surface area contributed by atoms with E-state index in [4.69, 9.17) is 4.74 Å². The third-order valence-electron chi connectivity index (χ3n) is 2.65. The van der Waals surface area contributed by atoms with Crippen molar-refractivity contribution in [2.75, 3.05) is 0 Å². The molecule has 0 saturated heterocycles. The summed E-state index contributed by atoms with van der Waals surface area (Å²) in [5.74, 6) is -0.298. The van der Waals surface area contributed by atoms with Gasteiger partial charge in [0.25, 0.3) is 0 Å². The van der Waals surface area contributed by atoms with Crippen molar-refractivity contribution in [2.24, 2.45) is 0 Å². The van der Waals surface area contributed by atoms with E-state index in [0.717, 1.165) is 10.9 Å². The molecule has 90 valence electrons. The fraction of sp³-hybridized carbons (Fsp3) is 0.357. The zero-order valence-corrected chi connectivity index (χ0v) is 10.6. The van der Waals surface area contributed by atoms with Gasteiger partial charge >= 0.3 is 5.97 Å². The first kappa shape index (κ1) is 11.7. The minimum Gasteiger partial charge on any atom is -0.458 e. The fourth-order valence-electron chi connectivity index (χ4n) is 1.99. The highest BCUT2D eigenvalue weighted by molar-refractivity contribution is 5.96. The molecule has 0 unspecified atom stereocenters. The van der Waals surface area contributed by atoms with Crippen molar-refractivity contribution in [3.05, 3.63) is 35.0 Å². The van der Waals surface area contributed by atoms with Crippen LogP contribution in [0.25, 0.3) is 10.9 Å². The Hall–Kier alpha value is -1.77. The number of ether oxygens (including phenoxy) is 1. The summed E-state index contributed by atoms with van der Waals surface area (Å²) in [5.41, 5.74) is 3.85. The number of carbonyl (C=O) groups is 1. The maximum absolute atomic E-state index is 11.8. The lowest BCUT2D eigenvalue weighted by atomic mass is 10.1. The number of benzene rings is 1. The van der Waals surface area contributed by atoms with E-state index in [-0.39, 0.29) is 12.1 Å². The summed E-state index contributed by atoms with van der Waals surface area (Å²) in [6, 6.07) is 6.00. The number of hydrogen-bond donors (Lipinski definition) is 1. The number of carbonyl (C=O) groups excluding carboxylic acids is 1. The van der Waals surface area contributed by atoms with Crippen molar-refractivity contribution in [1.29, 1.82) is 0 Å². The molecule has 3 heteroatoms. The van der Waals surface area contributed by atoms with Gasteiger partial charge in [-0.1, -0.05) is 6.07 Å². The van der Waals surface area contributed by atoms with Gasteiger partial charge in [-0.25, -0.2) is 4.79 Å². The molecule has 17 heavy (non-hydrogen) atoms. The third kappa shape index (κ3) is 2.33. The third-order valence-corrected chi connectivity index (χ3v) is 2.65. The largest absolute Gasteiger partial charge is 0.458 e. The Labute approximate surface area is 101 Å². The molecule has 2 rings (SSSR count). The molecule has 1 aromatic heterocycles. The maximum Gasteiger partial charge on any atom is 0.355 e. The molecule has 0 spiro atoms. The Morgan fingerprint density at radius 1 is 1.24 bits per heavy atom. The highest BCUT2D eigenvalue weighted by atomic mass is 16.5. The van der Waals surface area contributed by atoms with E-state index in [2.05, 4.69) is 11.1 Å². The Balaban J connectivity index is 2.44. The van der Waals surface area contributed by atoms with E-state index in [1.54, 1.807) is 0 Å². The van der Waals surface area contributed by atoms with Crippen LogP contribution >= 0.6 is 0 Å². The van der Waals surface area contributed by atoms with Crippen molar-refractivity contribution < 1.29 is 9.53 Å². The Morgan fingerprint density at radius 2 is 1.94 bits per heavy atom. The average molecular weight is 231 g/mol. The summed E-state index contributed by atoms with van der Waals surface area (Å²) in [5, 5.41) is 1.08. The van der Waals surface area contributed by atoms with Crippen molar-refractivity contribution in [2.45, 2.75) is 33.8 Å². The predicted molar refractivity (Wildman–Crippen MR) is 68.3 cm³/mol. The van der Waals surface area contributed by atoms with Gasteiger partial charge in [0, 0.05) is 10.9 Å². The summed E-state index contributed by atoms with van der Waals surface area (Å²) in [4.78, 5) is 14.9. The average Bonchev–Trinajstić information content (AvgIpc) is 2.60. The van der Waals surface area contributed by atoms with Crippen LogP contribution in [0.4, 0.5) is 0 Å². The number of fused-ring (bicyclic) bond motifs is 1. The Bertz CT molecular complexity index is 567. The molecule has 0 radical (unpaired) electrons. The van der Waals surface area contributed by atoms with E-state index in [9.17, 15) is 4.79 Å². The van der Waals surface area contributed by atoms with Gasteiger partial charge < -0.3 is 9.72 Å². The van der Waals surface area contributed by atoms with Crippen LogP contribution in [0.3, 0.4) is 0 Å². The minimum absolute atomic E-state index is 0.100. The molecule has 0 saturated carbocycles. The van der Waals surface area contributed by atoms with Crippen molar-refractivity contribution in [1.82, 2.24) is 4.98 Å². The second-order valence-corrected chi connectivity index (χ2v) is 4.68. The number of hydrogen-bond acceptors (Lipinski definition) is 2. The minimum atomic E-state index is -0.298. The number of aryl methyl sites for hydroxylation is 2. The second kappa shape index (κ2) is 4.24. The molecular weight excluding hydrogens is 214 g/mol. The predicted octanol–water partition coefficient (Wildman–Crippen LogP) is 3.35. The fourth-order valence-corrected chi connectivity index (χ4v) is 1.99. The highest BCUT2D eigenvalue weighted by Crippen LogP contribution is 2.21. The first-order valence-corrected chi connectivity index (χ1v) is 5.78. The normalized spacial score (nSPS) is 11.1. The van der Waals surface area contributed by atoms with Gasteiger partial charge in [0.15, 0.2) is 0 Å². The van der Waals surface area contributed by atoms with Crippen molar-refractivity contribution in [3.63, 3.8) is 0 Å². The number of nitrogens with one attached hydrogen (secondary N) is 1. The number of rotatable bonds is 2. The molecule has 1 N–H and O–H groups in total. The SMILES string of the molecule is Cc1cc(C)c2cc(C(=O)OC(C)C)[nH]c2c1. The summed E-state index contributed by atoms with van der Waals surface area (Å²) in [6.45, 7) is 7.77. The first-order chi connectivity index (χ1) is 7.97. The standard InChI is InChI=1S/C14H17NO2/c1-8(2)17-14(16)13-7-11-10(4)5-9(3)6-12(11)15-13/h5-8,15H,1-4H3. The molecular formula is C14H17NO2. The molecule has 1 heterocycles. The number of aromatic amines is 1. The van der Waals surface area contributed by atoms with Crippen LogP contribution in [-0.2, 0) is 4.74 Å². The lowest BCUT2D eigenvalue weighted by Crippen LogP contribution is -2.11. The van der Waals surface area contributed by atoms with Crippen LogP contribution in [0.1, 0.15) is 35.5 Å². The van der Waals surface area contributed by atoms with Gasteiger partial charge in [-0.3, -0.25) is 0 Å². The zero-order chi connectivity index (χ0) is 12.6. The Kier molecular flexibility index (Phi) is 2.92. The van der Waals surface area contributed by atoms with Gasteiger partial charge in [0.05, 0.1) is 6.10 Å². The molecule has 0 aliphatic heterocycles. The summed E-state index contributed by atoms with van der Waals surface area (Å²) < 4.78 is 5.17. The van der Waals surface area contributed by atoms with E-state index in [0.29, 0.717) is 5.69 Å². The molecule has 0 bridgehead atoms. The summed E-state index contributed by atoms with van der Waals surface area (Å²) in [7, 11) is 0. The first-order valence-electron chi connectivity index (χ1n) is 5.78. The van der Waals surface area contributed by atoms with E-state index >= 15 is 0 Å². The van der Waals surface area contributed by atoms with Crippen LogP contribution in [0.15, 0.2) is 18.2 Å². The van der Waals surface area contributed by atoms with Gasteiger partial charge in [-0.05, 0) is 51.0 Å². The van der Waals surface area contributed by atoms with Crippen LogP contribution < -0.4 is 0 Å². The van der Waals surface area contributed by atoms with E-state index < -0.39 is 0 Å². The lowest BCUT2D eigenvalue weighted by molar-refractivity contribution is 0.0372. The van der Waals surface area contributed by atoms with Crippen molar-refractivity contribution in [3.8, 4) is 0 Å². The van der Waals surface area contributed by atoms with Crippen LogP contribution in [0.2, 0.25) is 0 Å². The monoisotopic (exact) mass is 231 g/mol. The smallest absolute Gasteiger partial charge is 0.355 e. The molecule has 1 aromatic carbocycles. The molecule has 0 aliphatic rings. The number of esters is 1. The molecule has 2 aromatic rings. The quantitative estimate of drug-likeness (QED) is 0.805. The van der Waals surface area contributed by atoms with Crippen LogP contribution in [0, 0.1) is 13.8 Å².